The molecule has 0 heterocycles. The minimum absolute atomic E-state index is 0.0786. The maximum atomic E-state index is 13.0. The van der Waals surface area contributed by atoms with Gasteiger partial charge in [-0.05, 0) is 63.1 Å². The number of rotatable bonds is 9. The van der Waals surface area contributed by atoms with Gasteiger partial charge in [0.1, 0.15) is 11.5 Å². The predicted octanol–water partition coefficient (Wildman–Crippen LogP) is 4.38. The molecule has 30 heavy (non-hydrogen) atoms. The molecule has 2 aromatic rings. The number of aryl methyl sites for hydroxylation is 1. The Hall–Kier alpha value is -2.25. The number of carbonyl (C=O) groups excluding carboxylic acids is 1. The fourth-order valence-corrected chi connectivity index (χ4v) is 3.54. The van der Waals surface area contributed by atoms with Gasteiger partial charge in [0.25, 0.3) is 5.91 Å². The first-order chi connectivity index (χ1) is 14.0. The van der Waals surface area contributed by atoms with E-state index in [4.69, 9.17) is 21.1 Å². The second kappa shape index (κ2) is 10.2. The summed E-state index contributed by atoms with van der Waals surface area (Å²) in [5.74, 6) is 0.724. The van der Waals surface area contributed by atoms with Crippen LogP contribution >= 0.6 is 11.6 Å². The van der Waals surface area contributed by atoms with Gasteiger partial charge in [-0.15, -0.1) is 0 Å². The Bertz CT molecular complexity index is 1000. The van der Waals surface area contributed by atoms with Crippen molar-refractivity contribution in [3.8, 4) is 11.5 Å². The van der Waals surface area contributed by atoms with Crippen LogP contribution in [0.15, 0.2) is 41.3 Å². The summed E-state index contributed by atoms with van der Waals surface area (Å²) in [6, 6.07) is 9.85. The predicted molar refractivity (Wildman–Crippen MR) is 119 cm³/mol. The Labute approximate surface area is 183 Å². The Morgan fingerprint density at radius 3 is 2.47 bits per heavy atom. The molecule has 2 rings (SSSR count). The van der Waals surface area contributed by atoms with Crippen LogP contribution in [0.1, 0.15) is 36.2 Å². The standard InChI is InChI=1S/C22H28ClNO5S/c1-15(2)29-21-10-9-18(30(5,26)27)14-19(21)22(25)24(4)11-6-12-28-17-8-7-16(3)20(23)13-17/h7-10,13-15H,6,11-12H2,1-5H3. The molecule has 0 aromatic heterocycles. The third-order valence-corrected chi connectivity index (χ3v) is 5.89. The maximum Gasteiger partial charge on any atom is 0.257 e. The fraction of sp³-hybridized carbons (Fsp3) is 0.409. The summed E-state index contributed by atoms with van der Waals surface area (Å²) < 4.78 is 35.2. The fourth-order valence-electron chi connectivity index (χ4n) is 2.73. The Balaban J connectivity index is 2.05. The van der Waals surface area contributed by atoms with E-state index >= 15 is 0 Å². The Kier molecular flexibility index (Phi) is 8.15. The third-order valence-electron chi connectivity index (χ3n) is 4.37. The normalized spacial score (nSPS) is 11.4. The van der Waals surface area contributed by atoms with Crippen molar-refractivity contribution in [3.63, 3.8) is 0 Å². The molecule has 0 aliphatic rings. The Morgan fingerprint density at radius 2 is 1.87 bits per heavy atom. The van der Waals surface area contributed by atoms with E-state index in [9.17, 15) is 13.2 Å². The van der Waals surface area contributed by atoms with Crippen LogP contribution in [0.5, 0.6) is 11.5 Å². The molecule has 0 aliphatic heterocycles. The first kappa shape index (κ1) is 24.0. The molecule has 0 atom stereocenters. The lowest BCUT2D eigenvalue weighted by Crippen LogP contribution is -2.29. The largest absolute Gasteiger partial charge is 0.493 e. The number of carbonyl (C=O) groups is 1. The summed E-state index contributed by atoms with van der Waals surface area (Å²) in [5.41, 5.74) is 1.20. The van der Waals surface area contributed by atoms with Gasteiger partial charge in [-0.2, -0.15) is 0 Å². The summed E-state index contributed by atoms with van der Waals surface area (Å²) in [5, 5.41) is 0.642. The average molecular weight is 454 g/mol. The summed E-state index contributed by atoms with van der Waals surface area (Å²) in [7, 11) is -1.78. The second-order valence-electron chi connectivity index (χ2n) is 7.44. The minimum Gasteiger partial charge on any atom is -0.493 e. The lowest BCUT2D eigenvalue weighted by Gasteiger charge is -2.21. The number of hydrogen-bond donors (Lipinski definition) is 0. The van der Waals surface area contributed by atoms with Crippen molar-refractivity contribution in [3.05, 3.63) is 52.5 Å². The van der Waals surface area contributed by atoms with Gasteiger partial charge in [-0.1, -0.05) is 17.7 Å². The lowest BCUT2D eigenvalue weighted by atomic mass is 10.1. The van der Waals surface area contributed by atoms with Crippen molar-refractivity contribution in [1.82, 2.24) is 4.90 Å². The van der Waals surface area contributed by atoms with Crippen molar-refractivity contribution < 1.29 is 22.7 Å². The molecule has 0 spiro atoms. The van der Waals surface area contributed by atoms with Crippen LogP contribution in [0.4, 0.5) is 0 Å². The SMILES string of the molecule is Cc1ccc(OCCCN(C)C(=O)c2cc(S(C)(=O)=O)ccc2OC(C)C)cc1Cl. The molecule has 0 saturated heterocycles. The highest BCUT2D eigenvalue weighted by molar-refractivity contribution is 7.90. The number of halogens is 1. The summed E-state index contributed by atoms with van der Waals surface area (Å²) in [4.78, 5) is 14.6. The summed E-state index contributed by atoms with van der Waals surface area (Å²) >= 11 is 6.09. The molecule has 0 radical (unpaired) electrons. The van der Waals surface area contributed by atoms with Gasteiger partial charge in [0, 0.05) is 24.9 Å². The number of nitrogens with zero attached hydrogens (tertiary/aromatic N) is 1. The van der Waals surface area contributed by atoms with Crippen molar-refractivity contribution in [1.29, 1.82) is 0 Å². The van der Waals surface area contributed by atoms with Gasteiger partial charge in [-0.25, -0.2) is 8.42 Å². The molecule has 0 fully saturated rings. The van der Waals surface area contributed by atoms with E-state index in [1.807, 2.05) is 32.9 Å². The topological polar surface area (TPSA) is 72.9 Å². The van der Waals surface area contributed by atoms with E-state index in [0.29, 0.717) is 36.1 Å². The van der Waals surface area contributed by atoms with Crippen molar-refractivity contribution in [2.75, 3.05) is 26.5 Å². The first-order valence-corrected chi connectivity index (χ1v) is 11.9. The maximum absolute atomic E-state index is 13.0. The molecule has 0 unspecified atom stereocenters. The quantitative estimate of drug-likeness (QED) is 0.527. The van der Waals surface area contributed by atoms with Gasteiger partial charge in [0.05, 0.1) is 23.2 Å². The van der Waals surface area contributed by atoms with Gasteiger partial charge >= 0.3 is 0 Å². The molecular formula is C22H28ClNO5S. The highest BCUT2D eigenvalue weighted by Crippen LogP contribution is 2.25. The number of sulfone groups is 1. The summed E-state index contributed by atoms with van der Waals surface area (Å²) in [6.45, 7) is 6.45. The zero-order valence-electron chi connectivity index (χ0n) is 17.9. The molecule has 2 aromatic carbocycles. The molecule has 6 nitrogen and oxygen atoms in total. The minimum atomic E-state index is -3.45. The van der Waals surface area contributed by atoms with Crippen LogP contribution in [0.3, 0.4) is 0 Å². The molecule has 0 N–H and O–H groups in total. The number of amides is 1. The molecular weight excluding hydrogens is 426 g/mol. The van der Waals surface area contributed by atoms with Gasteiger partial charge in [-0.3, -0.25) is 4.79 Å². The van der Waals surface area contributed by atoms with E-state index in [1.54, 1.807) is 13.1 Å². The summed E-state index contributed by atoms with van der Waals surface area (Å²) in [6.07, 6.45) is 1.55. The van der Waals surface area contributed by atoms with Crippen LogP contribution in [-0.2, 0) is 9.84 Å². The zero-order valence-corrected chi connectivity index (χ0v) is 19.5. The van der Waals surface area contributed by atoms with Crippen molar-refractivity contribution in [2.24, 2.45) is 0 Å². The van der Waals surface area contributed by atoms with Crippen molar-refractivity contribution in [2.45, 2.75) is 38.2 Å². The highest BCUT2D eigenvalue weighted by Gasteiger charge is 2.21. The molecule has 0 saturated carbocycles. The van der Waals surface area contributed by atoms with E-state index in [2.05, 4.69) is 0 Å². The molecule has 0 aliphatic carbocycles. The van der Waals surface area contributed by atoms with E-state index in [0.717, 1.165) is 11.8 Å². The number of ether oxygens (including phenoxy) is 2. The van der Waals surface area contributed by atoms with Crippen molar-refractivity contribution >= 4 is 27.3 Å². The van der Waals surface area contributed by atoms with Crippen LogP contribution in [0.25, 0.3) is 0 Å². The Morgan fingerprint density at radius 1 is 1.17 bits per heavy atom. The van der Waals surface area contributed by atoms with Gasteiger partial charge in [0.2, 0.25) is 0 Å². The van der Waals surface area contributed by atoms with Crippen LogP contribution in [0, 0.1) is 6.92 Å². The van der Waals surface area contributed by atoms with Crippen LogP contribution in [-0.4, -0.2) is 51.8 Å². The van der Waals surface area contributed by atoms with Gasteiger partial charge in [0.15, 0.2) is 9.84 Å². The first-order valence-electron chi connectivity index (χ1n) is 9.64. The average Bonchev–Trinajstić information content (AvgIpc) is 2.66. The molecule has 164 valence electrons. The second-order valence-corrected chi connectivity index (χ2v) is 9.86. The number of hydrogen-bond acceptors (Lipinski definition) is 5. The van der Waals surface area contributed by atoms with E-state index in [-0.39, 0.29) is 22.5 Å². The molecule has 8 heteroatoms. The highest BCUT2D eigenvalue weighted by atomic mass is 35.5. The smallest absolute Gasteiger partial charge is 0.257 e. The molecule has 1 amide bonds. The lowest BCUT2D eigenvalue weighted by molar-refractivity contribution is 0.0781. The van der Waals surface area contributed by atoms with E-state index in [1.165, 1.54) is 23.1 Å². The van der Waals surface area contributed by atoms with Gasteiger partial charge < -0.3 is 14.4 Å². The van der Waals surface area contributed by atoms with E-state index < -0.39 is 9.84 Å². The van der Waals surface area contributed by atoms with Crippen LogP contribution < -0.4 is 9.47 Å². The molecule has 0 bridgehead atoms. The third kappa shape index (κ3) is 6.64. The zero-order chi connectivity index (χ0) is 22.5. The monoisotopic (exact) mass is 453 g/mol. The van der Waals surface area contributed by atoms with Crippen LogP contribution in [0.2, 0.25) is 5.02 Å². The number of benzene rings is 2.